The van der Waals surface area contributed by atoms with Gasteiger partial charge in [0.15, 0.2) is 0 Å². The van der Waals surface area contributed by atoms with Gasteiger partial charge in [-0.1, -0.05) is 11.6 Å². The number of hydrogen-bond acceptors (Lipinski definition) is 4. The zero-order chi connectivity index (χ0) is 14.7. The molecular weight excluding hydrogens is 290 g/mol. The summed E-state index contributed by atoms with van der Waals surface area (Å²) in [4.78, 5) is 0. The molecule has 0 amide bonds. The summed E-state index contributed by atoms with van der Waals surface area (Å²) in [5.74, 6) is 2.14. The van der Waals surface area contributed by atoms with E-state index in [1.165, 1.54) is 0 Å². The van der Waals surface area contributed by atoms with Crippen LogP contribution in [0.25, 0.3) is 11.1 Å². The van der Waals surface area contributed by atoms with Crippen LogP contribution in [0.1, 0.15) is 25.0 Å². The van der Waals surface area contributed by atoms with Crippen molar-refractivity contribution in [2.24, 2.45) is 0 Å². The van der Waals surface area contributed by atoms with E-state index in [0.717, 1.165) is 46.6 Å². The smallest absolute Gasteiger partial charge is 0.142 e. The van der Waals surface area contributed by atoms with Gasteiger partial charge in [-0.05, 0) is 13.8 Å². The number of benzene rings is 1. The lowest BCUT2D eigenvalue weighted by Crippen LogP contribution is -2.07. The van der Waals surface area contributed by atoms with Gasteiger partial charge in [-0.15, -0.1) is 0 Å². The van der Waals surface area contributed by atoms with Crippen LogP contribution in [-0.2, 0) is 12.8 Å². The molecule has 6 heteroatoms. The monoisotopic (exact) mass is 305 g/mol. The highest BCUT2D eigenvalue weighted by atomic mass is 35.5. The summed E-state index contributed by atoms with van der Waals surface area (Å²) in [6, 6.07) is 0. The molecule has 2 aliphatic heterocycles. The van der Waals surface area contributed by atoms with E-state index in [1.54, 1.807) is 6.20 Å². The predicted octanol–water partition coefficient (Wildman–Crippen LogP) is 2.96. The quantitative estimate of drug-likeness (QED) is 0.849. The summed E-state index contributed by atoms with van der Waals surface area (Å²) in [7, 11) is 0. The fourth-order valence-corrected chi connectivity index (χ4v) is 3.56. The van der Waals surface area contributed by atoms with E-state index in [0.29, 0.717) is 10.8 Å². The van der Waals surface area contributed by atoms with Gasteiger partial charge in [0, 0.05) is 35.1 Å². The number of aromatic nitrogens is 2. The van der Waals surface area contributed by atoms with Crippen LogP contribution in [0.2, 0.25) is 5.02 Å². The van der Waals surface area contributed by atoms with E-state index >= 15 is 0 Å². The minimum Gasteiger partial charge on any atom is -0.489 e. The summed E-state index contributed by atoms with van der Waals surface area (Å²) in [6.07, 6.45) is 3.51. The summed E-state index contributed by atoms with van der Waals surface area (Å²) in [5, 5.41) is 7.50. The van der Waals surface area contributed by atoms with E-state index in [2.05, 4.69) is 10.2 Å². The molecule has 0 bridgehead atoms. The number of H-pyrrole nitrogens is 1. The van der Waals surface area contributed by atoms with Gasteiger partial charge in [-0.3, -0.25) is 5.10 Å². The molecular formula is C15H16ClN3O2. The number of halogens is 1. The van der Waals surface area contributed by atoms with Crippen molar-refractivity contribution in [1.29, 1.82) is 0 Å². The predicted molar refractivity (Wildman–Crippen MR) is 81.0 cm³/mol. The van der Waals surface area contributed by atoms with E-state index in [4.69, 9.17) is 26.8 Å². The molecule has 4 rings (SSSR count). The first-order valence-corrected chi connectivity index (χ1v) is 7.43. The first kappa shape index (κ1) is 12.8. The molecule has 3 heterocycles. The summed E-state index contributed by atoms with van der Waals surface area (Å²) in [5.41, 5.74) is 9.92. The molecule has 21 heavy (non-hydrogen) atoms. The van der Waals surface area contributed by atoms with Crippen molar-refractivity contribution in [2.75, 3.05) is 5.73 Å². The lowest BCUT2D eigenvalue weighted by Gasteiger charge is -2.14. The van der Waals surface area contributed by atoms with Crippen LogP contribution in [0, 0.1) is 0 Å². The molecule has 2 aromatic rings. The van der Waals surface area contributed by atoms with Crippen molar-refractivity contribution in [1.82, 2.24) is 10.2 Å². The van der Waals surface area contributed by atoms with Crippen LogP contribution in [-0.4, -0.2) is 22.4 Å². The Labute approximate surface area is 127 Å². The van der Waals surface area contributed by atoms with E-state index in [1.807, 2.05) is 13.8 Å². The second kappa shape index (κ2) is 4.31. The first-order valence-electron chi connectivity index (χ1n) is 7.06. The van der Waals surface area contributed by atoms with Crippen LogP contribution in [0.3, 0.4) is 0 Å². The van der Waals surface area contributed by atoms with Crippen molar-refractivity contribution in [3.8, 4) is 22.6 Å². The Bertz CT molecular complexity index is 702. The van der Waals surface area contributed by atoms with Gasteiger partial charge in [0.05, 0.1) is 11.2 Å². The second-order valence-electron chi connectivity index (χ2n) is 5.77. The standard InChI is InChI=1S/C15H16ClN3O2/c1-6-3-8-11(10-5-18-19-15(10)17)13-9(4-7(2)20-13)12(16)14(8)21-6/h5-7H,3-4H2,1-2H3,(H3,17,18,19). The third-order valence-corrected chi connectivity index (χ3v) is 4.50. The topological polar surface area (TPSA) is 73.2 Å². The van der Waals surface area contributed by atoms with Crippen LogP contribution >= 0.6 is 11.6 Å². The SMILES string of the molecule is CC1Cc2c(c(Cl)c3c(c2-c2cn[nH]c2N)OC(C)C3)O1. The Balaban J connectivity index is 2.04. The van der Waals surface area contributed by atoms with Crippen molar-refractivity contribution < 1.29 is 9.47 Å². The van der Waals surface area contributed by atoms with Crippen molar-refractivity contribution in [2.45, 2.75) is 38.9 Å². The average molecular weight is 306 g/mol. The molecule has 1 aromatic heterocycles. The second-order valence-corrected chi connectivity index (χ2v) is 6.14. The minimum atomic E-state index is 0.101. The normalized spacial score (nSPS) is 22.6. The fourth-order valence-electron chi connectivity index (χ4n) is 3.24. The molecule has 1 aromatic carbocycles. The van der Waals surface area contributed by atoms with Gasteiger partial charge in [0.25, 0.3) is 0 Å². The van der Waals surface area contributed by atoms with Crippen molar-refractivity contribution >= 4 is 17.4 Å². The molecule has 2 atom stereocenters. The summed E-state index contributed by atoms with van der Waals surface area (Å²) in [6.45, 7) is 4.07. The maximum atomic E-state index is 6.54. The molecule has 110 valence electrons. The number of nitrogens with two attached hydrogens (primary N) is 1. The Morgan fingerprint density at radius 3 is 2.52 bits per heavy atom. The third kappa shape index (κ3) is 1.73. The van der Waals surface area contributed by atoms with Gasteiger partial charge in [-0.25, -0.2) is 0 Å². The third-order valence-electron chi connectivity index (χ3n) is 4.10. The van der Waals surface area contributed by atoms with Gasteiger partial charge in [-0.2, -0.15) is 5.10 Å². The van der Waals surface area contributed by atoms with Crippen molar-refractivity contribution in [3.05, 3.63) is 22.3 Å². The number of nitrogens with one attached hydrogen (secondary N) is 1. The Morgan fingerprint density at radius 1 is 1.19 bits per heavy atom. The molecule has 0 saturated carbocycles. The molecule has 0 spiro atoms. The van der Waals surface area contributed by atoms with Crippen LogP contribution in [0.15, 0.2) is 6.20 Å². The number of fused-ring (bicyclic) bond motifs is 2. The number of nitrogens with zero attached hydrogens (tertiary/aromatic N) is 1. The maximum Gasteiger partial charge on any atom is 0.142 e. The lowest BCUT2D eigenvalue weighted by molar-refractivity contribution is 0.254. The molecule has 2 unspecified atom stereocenters. The van der Waals surface area contributed by atoms with Gasteiger partial charge in [0.1, 0.15) is 29.5 Å². The number of rotatable bonds is 1. The fraction of sp³-hybridized carbons (Fsp3) is 0.400. The Morgan fingerprint density at radius 2 is 1.86 bits per heavy atom. The minimum absolute atomic E-state index is 0.101. The number of nitrogen functional groups attached to an aromatic ring is 1. The highest BCUT2D eigenvalue weighted by molar-refractivity contribution is 6.33. The van der Waals surface area contributed by atoms with Gasteiger partial charge >= 0.3 is 0 Å². The summed E-state index contributed by atoms with van der Waals surface area (Å²) >= 11 is 6.54. The van der Waals surface area contributed by atoms with Crippen molar-refractivity contribution in [3.63, 3.8) is 0 Å². The Kier molecular flexibility index (Phi) is 2.63. The molecule has 0 fully saturated rings. The first-order chi connectivity index (χ1) is 10.1. The zero-order valence-electron chi connectivity index (χ0n) is 11.9. The number of anilines is 1. The Hall–Kier alpha value is -1.88. The molecule has 2 aliphatic rings. The molecule has 3 N–H and O–H groups in total. The van der Waals surface area contributed by atoms with E-state index < -0.39 is 0 Å². The van der Waals surface area contributed by atoms with Gasteiger partial charge < -0.3 is 15.2 Å². The highest BCUT2D eigenvalue weighted by Crippen LogP contribution is 2.53. The number of aromatic amines is 1. The average Bonchev–Trinajstić information content (AvgIpc) is 3.10. The van der Waals surface area contributed by atoms with E-state index in [-0.39, 0.29) is 12.2 Å². The lowest BCUT2D eigenvalue weighted by atomic mass is 9.94. The van der Waals surface area contributed by atoms with Crippen LogP contribution in [0.5, 0.6) is 11.5 Å². The maximum absolute atomic E-state index is 6.54. The largest absolute Gasteiger partial charge is 0.489 e. The number of hydrogen-bond donors (Lipinski definition) is 2. The zero-order valence-corrected chi connectivity index (χ0v) is 12.6. The van der Waals surface area contributed by atoms with Gasteiger partial charge in [0.2, 0.25) is 0 Å². The van der Waals surface area contributed by atoms with Crippen LogP contribution < -0.4 is 15.2 Å². The molecule has 0 radical (unpaired) electrons. The van der Waals surface area contributed by atoms with E-state index in [9.17, 15) is 0 Å². The molecule has 0 aliphatic carbocycles. The molecule has 5 nitrogen and oxygen atoms in total. The summed E-state index contributed by atoms with van der Waals surface area (Å²) < 4.78 is 11.9. The number of ether oxygens (including phenoxy) is 2. The van der Waals surface area contributed by atoms with Crippen LogP contribution in [0.4, 0.5) is 5.82 Å². The highest BCUT2D eigenvalue weighted by Gasteiger charge is 2.36. The molecule has 0 saturated heterocycles.